The second-order valence-electron chi connectivity index (χ2n) is 8.69. The maximum Gasteiger partial charge on any atom is 0.261 e. The molecule has 1 aromatic heterocycles. The molecule has 34 heavy (non-hydrogen) atoms. The Morgan fingerprint density at radius 1 is 1.00 bits per heavy atom. The zero-order valence-electron chi connectivity index (χ0n) is 18.6. The molecule has 1 fully saturated rings. The van der Waals surface area contributed by atoms with E-state index < -0.39 is 11.9 Å². The van der Waals surface area contributed by atoms with Gasteiger partial charge in [0.25, 0.3) is 17.7 Å². The van der Waals surface area contributed by atoms with Gasteiger partial charge in [-0.2, -0.15) is 0 Å². The quantitative estimate of drug-likeness (QED) is 0.555. The molecular formula is C26H23FN4O3. The molecule has 0 bridgehead atoms. The minimum absolute atomic E-state index is 0.0470. The number of likely N-dealkylation sites (tertiary alicyclic amines) is 1. The van der Waals surface area contributed by atoms with Crippen molar-refractivity contribution >= 4 is 17.7 Å². The van der Waals surface area contributed by atoms with Crippen LogP contribution in [0.25, 0.3) is 11.4 Å². The molecule has 0 N–H and O–H groups in total. The predicted molar refractivity (Wildman–Crippen MR) is 122 cm³/mol. The summed E-state index contributed by atoms with van der Waals surface area (Å²) in [5.74, 6) is -1.48. The van der Waals surface area contributed by atoms with Crippen molar-refractivity contribution in [3.63, 3.8) is 0 Å². The van der Waals surface area contributed by atoms with Gasteiger partial charge in [-0.15, -0.1) is 0 Å². The van der Waals surface area contributed by atoms with Crippen LogP contribution in [0.4, 0.5) is 4.39 Å². The smallest absolute Gasteiger partial charge is 0.261 e. The van der Waals surface area contributed by atoms with E-state index in [0.717, 1.165) is 12.8 Å². The number of imide groups is 1. The van der Waals surface area contributed by atoms with Crippen LogP contribution < -0.4 is 0 Å². The summed E-state index contributed by atoms with van der Waals surface area (Å²) >= 11 is 0. The third-order valence-corrected chi connectivity index (χ3v) is 6.66. The van der Waals surface area contributed by atoms with E-state index >= 15 is 0 Å². The Morgan fingerprint density at radius 2 is 1.68 bits per heavy atom. The number of benzene rings is 2. The van der Waals surface area contributed by atoms with Gasteiger partial charge >= 0.3 is 0 Å². The lowest BCUT2D eigenvalue weighted by Crippen LogP contribution is -2.54. The fraction of sp³-hybridized carbons (Fsp3) is 0.269. The van der Waals surface area contributed by atoms with E-state index in [9.17, 15) is 18.8 Å². The number of piperidine rings is 1. The molecule has 2 aliphatic heterocycles. The van der Waals surface area contributed by atoms with Crippen LogP contribution in [0.5, 0.6) is 0 Å². The second kappa shape index (κ2) is 8.78. The van der Waals surface area contributed by atoms with Crippen molar-refractivity contribution in [2.45, 2.75) is 25.8 Å². The molecule has 0 radical (unpaired) electrons. The van der Waals surface area contributed by atoms with E-state index in [2.05, 4.69) is 9.97 Å². The number of carbonyl (C=O) groups is 3. The minimum Gasteiger partial charge on any atom is -0.334 e. The fourth-order valence-corrected chi connectivity index (χ4v) is 4.88. The number of nitrogens with zero attached hydrogens (tertiary/aromatic N) is 4. The van der Waals surface area contributed by atoms with E-state index in [1.807, 2.05) is 6.92 Å². The van der Waals surface area contributed by atoms with Crippen molar-refractivity contribution in [3.8, 4) is 11.4 Å². The Bertz CT molecular complexity index is 1250. The van der Waals surface area contributed by atoms with Gasteiger partial charge in [-0.3, -0.25) is 19.3 Å². The van der Waals surface area contributed by atoms with Crippen molar-refractivity contribution < 1.29 is 18.8 Å². The molecule has 0 aliphatic carbocycles. The van der Waals surface area contributed by atoms with E-state index in [1.165, 1.54) is 29.4 Å². The molecule has 3 amide bonds. The van der Waals surface area contributed by atoms with Crippen LogP contribution in [0.2, 0.25) is 0 Å². The van der Waals surface area contributed by atoms with Crippen LogP contribution in [0.15, 0.2) is 60.9 Å². The zero-order chi connectivity index (χ0) is 23.8. The lowest BCUT2D eigenvalue weighted by Gasteiger charge is -2.41. The summed E-state index contributed by atoms with van der Waals surface area (Å²) in [4.78, 5) is 50.8. The fourth-order valence-electron chi connectivity index (χ4n) is 4.88. The van der Waals surface area contributed by atoms with Gasteiger partial charge in [0.15, 0.2) is 5.82 Å². The van der Waals surface area contributed by atoms with Crippen LogP contribution in [-0.2, 0) is 0 Å². The molecule has 7 nitrogen and oxygen atoms in total. The van der Waals surface area contributed by atoms with Crippen molar-refractivity contribution in [1.29, 1.82) is 0 Å². The Kier molecular flexibility index (Phi) is 5.65. The summed E-state index contributed by atoms with van der Waals surface area (Å²) in [6.45, 7) is 2.55. The third kappa shape index (κ3) is 3.65. The maximum atomic E-state index is 14.9. The predicted octanol–water partition coefficient (Wildman–Crippen LogP) is 3.82. The van der Waals surface area contributed by atoms with Crippen LogP contribution >= 0.6 is 0 Å². The first-order valence-corrected chi connectivity index (χ1v) is 11.3. The third-order valence-electron chi connectivity index (χ3n) is 6.66. The first-order valence-electron chi connectivity index (χ1n) is 11.3. The van der Waals surface area contributed by atoms with E-state index in [-0.39, 0.29) is 47.1 Å². The molecule has 0 saturated carbocycles. The molecule has 3 aromatic rings. The highest BCUT2D eigenvalue weighted by Crippen LogP contribution is 2.32. The van der Waals surface area contributed by atoms with Gasteiger partial charge in [0.1, 0.15) is 5.82 Å². The summed E-state index contributed by atoms with van der Waals surface area (Å²) in [7, 11) is 0. The van der Waals surface area contributed by atoms with Gasteiger partial charge in [0.2, 0.25) is 0 Å². The highest BCUT2D eigenvalue weighted by Gasteiger charge is 2.41. The van der Waals surface area contributed by atoms with Crippen molar-refractivity contribution in [3.05, 3.63) is 83.4 Å². The van der Waals surface area contributed by atoms with Crippen LogP contribution in [0, 0.1) is 11.7 Å². The Hall–Kier alpha value is -3.94. The molecule has 8 heteroatoms. The van der Waals surface area contributed by atoms with E-state index in [0.29, 0.717) is 17.7 Å². The van der Waals surface area contributed by atoms with Gasteiger partial charge in [-0.1, -0.05) is 25.1 Å². The zero-order valence-corrected chi connectivity index (χ0v) is 18.6. The molecule has 2 aliphatic rings. The number of rotatable bonds is 4. The summed E-state index contributed by atoms with van der Waals surface area (Å²) < 4.78 is 14.9. The van der Waals surface area contributed by atoms with Crippen LogP contribution in [-0.4, -0.2) is 56.6 Å². The number of aromatic nitrogens is 2. The first-order chi connectivity index (χ1) is 16.5. The molecule has 0 spiro atoms. The molecule has 1 saturated heterocycles. The van der Waals surface area contributed by atoms with Crippen LogP contribution in [0.3, 0.4) is 0 Å². The van der Waals surface area contributed by atoms with Gasteiger partial charge < -0.3 is 4.90 Å². The highest BCUT2D eigenvalue weighted by molar-refractivity contribution is 6.21. The SMILES string of the molecule is CC1CCCN(C(=O)c2cccc(F)c2-c2ncccn2)C1CN1C(=O)c2ccccc2C1=O. The normalized spacial score (nSPS) is 19.9. The monoisotopic (exact) mass is 458 g/mol. The van der Waals surface area contributed by atoms with E-state index in [4.69, 9.17) is 0 Å². The Morgan fingerprint density at radius 3 is 2.35 bits per heavy atom. The van der Waals surface area contributed by atoms with Crippen molar-refractivity contribution in [2.24, 2.45) is 5.92 Å². The van der Waals surface area contributed by atoms with Crippen LogP contribution in [0.1, 0.15) is 50.8 Å². The average molecular weight is 458 g/mol. The second-order valence-corrected chi connectivity index (χ2v) is 8.69. The molecule has 2 unspecified atom stereocenters. The number of fused-ring (bicyclic) bond motifs is 1. The summed E-state index contributed by atoms with van der Waals surface area (Å²) in [5, 5.41) is 0. The maximum absolute atomic E-state index is 14.9. The van der Waals surface area contributed by atoms with Gasteiger partial charge in [0, 0.05) is 18.9 Å². The van der Waals surface area contributed by atoms with Gasteiger partial charge in [-0.25, -0.2) is 14.4 Å². The number of hydrogen-bond acceptors (Lipinski definition) is 5. The number of hydrogen-bond donors (Lipinski definition) is 0. The average Bonchev–Trinajstić information content (AvgIpc) is 3.10. The van der Waals surface area contributed by atoms with Gasteiger partial charge in [0.05, 0.1) is 34.8 Å². The van der Waals surface area contributed by atoms with Crippen molar-refractivity contribution in [1.82, 2.24) is 19.8 Å². The Labute approximate surface area is 196 Å². The highest BCUT2D eigenvalue weighted by atomic mass is 19.1. The van der Waals surface area contributed by atoms with E-state index in [1.54, 1.807) is 41.3 Å². The number of carbonyl (C=O) groups excluding carboxylic acids is 3. The molecule has 2 atom stereocenters. The summed E-state index contributed by atoms with van der Waals surface area (Å²) in [6.07, 6.45) is 4.63. The molecule has 172 valence electrons. The summed E-state index contributed by atoms with van der Waals surface area (Å²) in [6, 6.07) is 12.3. The number of amides is 3. The topological polar surface area (TPSA) is 83.5 Å². The molecular weight excluding hydrogens is 435 g/mol. The standard InChI is InChI=1S/C26H23FN4O3/c1-16-7-5-14-30(21(16)15-31-24(32)17-8-2-3-9-18(17)25(31)33)26(34)19-10-4-11-20(27)22(19)23-28-12-6-13-29-23/h2-4,6,8-13,16,21H,5,7,14-15H2,1H3. The number of halogens is 1. The first kappa shape index (κ1) is 21.9. The minimum atomic E-state index is -0.584. The lowest BCUT2D eigenvalue weighted by atomic mass is 9.89. The molecule has 3 heterocycles. The van der Waals surface area contributed by atoms with Gasteiger partial charge in [-0.05, 0) is 49.1 Å². The molecule has 5 rings (SSSR count). The summed E-state index contributed by atoms with van der Waals surface area (Å²) in [5.41, 5.74) is 0.962. The Balaban J connectivity index is 1.48. The lowest BCUT2D eigenvalue weighted by molar-refractivity contribution is 0.0369. The molecule has 2 aromatic carbocycles. The van der Waals surface area contributed by atoms with Crippen molar-refractivity contribution in [2.75, 3.05) is 13.1 Å². The largest absolute Gasteiger partial charge is 0.334 e.